The van der Waals surface area contributed by atoms with E-state index >= 15 is 0 Å². The SMILES string of the molecule is CC(C)C1=CC2Oc3cc4ccccc4cc3C3=NC=CC(=C1)C32. The fourth-order valence-electron chi connectivity index (χ4n) is 3.92. The molecule has 0 N–H and O–H groups in total. The Balaban J connectivity index is 1.73. The standard InChI is InChI=1S/C22H19NO/c1-13(2)17-9-16-7-8-23-22-18-10-14-5-3-4-6-15(14)11-19(18)24-20(12-17)21(16)22/h3-13,20-21H,1-2H3. The van der Waals surface area contributed by atoms with Gasteiger partial charge in [-0.3, -0.25) is 4.99 Å². The number of ether oxygens (including phenoxy) is 1. The summed E-state index contributed by atoms with van der Waals surface area (Å²) in [5.74, 6) is 1.66. The number of rotatable bonds is 1. The number of aliphatic imine (C=N–C) groups is 1. The van der Waals surface area contributed by atoms with Gasteiger partial charge in [0.15, 0.2) is 0 Å². The normalized spacial score (nSPS) is 23.9. The van der Waals surface area contributed by atoms with Crippen molar-refractivity contribution < 1.29 is 4.74 Å². The lowest BCUT2D eigenvalue weighted by atomic mass is 9.76. The van der Waals surface area contributed by atoms with Crippen LogP contribution in [0.1, 0.15) is 19.4 Å². The zero-order valence-electron chi connectivity index (χ0n) is 13.9. The second-order valence-corrected chi connectivity index (χ2v) is 7.05. The summed E-state index contributed by atoms with van der Waals surface area (Å²) in [5, 5.41) is 2.44. The molecule has 24 heavy (non-hydrogen) atoms. The van der Waals surface area contributed by atoms with E-state index in [-0.39, 0.29) is 12.0 Å². The topological polar surface area (TPSA) is 21.6 Å². The molecule has 2 heterocycles. The van der Waals surface area contributed by atoms with Crippen LogP contribution in [0.4, 0.5) is 0 Å². The third kappa shape index (κ3) is 1.92. The van der Waals surface area contributed by atoms with Crippen LogP contribution in [0.15, 0.2) is 77.0 Å². The second-order valence-electron chi connectivity index (χ2n) is 7.05. The van der Waals surface area contributed by atoms with Crippen molar-refractivity contribution in [2.45, 2.75) is 20.0 Å². The first-order valence-corrected chi connectivity index (χ1v) is 8.58. The highest BCUT2D eigenvalue weighted by molar-refractivity contribution is 6.11. The van der Waals surface area contributed by atoms with Crippen LogP contribution in [0, 0.1) is 11.8 Å². The van der Waals surface area contributed by atoms with Crippen molar-refractivity contribution in [2.75, 3.05) is 0 Å². The molecule has 0 bridgehead atoms. The molecule has 2 atom stereocenters. The van der Waals surface area contributed by atoms with E-state index < -0.39 is 0 Å². The van der Waals surface area contributed by atoms with Gasteiger partial charge in [-0.25, -0.2) is 0 Å². The maximum absolute atomic E-state index is 6.43. The molecule has 5 rings (SSSR count). The third-order valence-corrected chi connectivity index (χ3v) is 5.21. The fraction of sp³-hybridized carbons (Fsp3) is 0.227. The molecule has 118 valence electrons. The lowest BCUT2D eigenvalue weighted by Crippen LogP contribution is -2.40. The van der Waals surface area contributed by atoms with Gasteiger partial charge < -0.3 is 4.74 Å². The van der Waals surface area contributed by atoms with Crippen molar-refractivity contribution in [1.29, 1.82) is 0 Å². The van der Waals surface area contributed by atoms with Crippen molar-refractivity contribution in [3.8, 4) is 5.75 Å². The van der Waals surface area contributed by atoms with Gasteiger partial charge in [-0.15, -0.1) is 0 Å². The molecule has 2 unspecified atom stereocenters. The minimum absolute atomic E-state index is 0.0414. The quantitative estimate of drug-likeness (QED) is 0.721. The van der Waals surface area contributed by atoms with Crippen LogP contribution in [-0.2, 0) is 0 Å². The summed E-state index contributed by atoms with van der Waals surface area (Å²) >= 11 is 0. The molecule has 2 nitrogen and oxygen atoms in total. The predicted octanol–water partition coefficient (Wildman–Crippen LogP) is 5.06. The molecule has 0 amide bonds. The van der Waals surface area contributed by atoms with Gasteiger partial charge in [-0.05, 0) is 52.1 Å². The summed E-state index contributed by atoms with van der Waals surface area (Å²) in [4.78, 5) is 4.74. The first kappa shape index (κ1) is 13.8. The predicted molar refractivity (Wildman–Crippen MR) is 98.5 cm³/mol. The van der Waals surface area contributed by atoms with Crippen LogP contribution < -0.4 is 4.74 Å². The summed E-state index contributed by atoms with van der Waals surface area (Å²) in [5.41, 5.74) is 4.93. The number of hydrogen-bond acceptors (Lipinski definition) is 2. The highest BCUT2D eigenvalue weighted by Crippen LogP contribution is 2.42. The molecule has 0 aromatic heterocycles. The van der Waals surface area contributed by atoms with E-state index in [0.717, 1.165) is 17.0 Å². The molecule has 2 aromatic rings. The van der Waals surface area contributed by atoms with Gasteiger partial charge in [-0.1, -0.05) is 44.2 Å². The molecule has 0 saturated heterocycles. The highest BCUT2D eigenvalue weighted by atomic mass is 16.5. The molecule has 2 aromatic carbocycles. The van der Waals surface area contributed by atoms with Crippen molar-refractivity contribution in [3.05, 3.63) is 77.5 Å². The fourth-order valence-corrected chi connectivity index (χ4v) is 3.92. The molecule has 0 radical (unpaired) electrons. The average Bonchev–Trinajstić information content (AvgIpc) is 2.60. The number of nitrogens with zero attached hydrogens (tertiary/aromatic N) is 1. The molecule has 0 spiro atoms. The van der Waals surface area contributed by atoms with Gasteiger partial charge in [0.05, 0.1) is 11.6 Å². The van der Waals surface area contributed by atoms with Crippen LogP contribution >= 0.6 is 0 Å². The lowest BCUT2D eigenvalue weighted by Gasteiger charge is -2.38. The Morgan fingerprint density at radius 1 is 1.08 bits per heavy atom. The second kappa shape index (κ2) is 4.94. The Labute approximate surface area is 141 Å². The molecule has 2 aliphatic heterocycles. The minimum Gasteiger partial charge on any atom is -0.485 e. The summed E-state index contributed by atoms with van der Waals surface area (Å²) in [6.45, 7) is 4.46. The van der Waals surface area contributed by atoms with Crippen LogP contribution in [0.3, 0.4) is 0 Å². The number of benzene rings is 2. The molecule has 1 aliphatic carbocycles. The molecule has 3 aliphatic rings. The average molecular weight is 313 g/mol. The summed E-state index contributed by atoms with van der Waals surface area (Å²) in [7, 11) is 0. The summed E-state index contributed by atoms with van der Waals surface area (Å²) in [6.07, 6.45) is 8.70. The zero-order chi connectivity index (χ0) is 16.3. The van der Waals surface area contributed by atoms with Gasteiger partial charge in [0, 0.05) is 11.8 Å². The zero-order valence-corrected chi connectivity index (χ0v) is 13.9. The first-order valence-electron chi connectivity index (χ1n) is 8.58. The van der Waals surface area contributed by atoms with Gasteiger partial charge in [-0.2, -0.15) is 0 Å². The van der Waals surface area contributed by atoms with Crippen molar-refractivity contribution in [1.82, 2.24) is 0 Å². The first-order chi connectivity index (χ1) is 11.7. The van der Waals surface area contributed by atoms with Crippen LogP contribution in [0.25, 0.3) is 10.8 Å². The lowest BCUT2D eigenvalue weighted by molar-refractivity contribution is 0.214. The molecular formula is C22H19NO. The Bertz CT molecular complexity index is 975. The number of fused-ring (bicyclic) bond motifs is 3. The molecular weight excluding hydrogens is 294 g/mol. The van der Waals surface area contributed by atoms with E-state index in [4.69, 9.17) is 9.73 Å². The summed E-state index contributed by atoms with van der Waals surface area (Å²) in [6, 6.07) is 12.8. The molecule has 0 saturated carbocycles. The smallest absolute Gasteiger partial charge is 0.130 e. The van der Waals surface area contributed by atoms with Gasteiger partial charge in [0.1, 0.15) is 11.9 Å². The van der Waals surface area contributed by atoms with Gasteiger partial charge in [0.25, 0.3) is 0 Å². The van der Waals surface area contributed by atoms with Crippen molar-refractivity contribution in [3.63, 3.8) is 0 Å². The van der Waals surface area contributed by atoms with Crippen LogP contribution in [0.5, 0.6) is 5.75 Å². The Kier molecular flexibility index (Phi) is 2.84. The maximum atomic E-state index is 6.43. The number of allylic oxidation sites excluding steroid dienone is 3. The van der Waals surface area contributed by atoms with Crippen LogP contribution in [-0.4, -0.2) is 11.8 Å². The van der Waals surface area contributed by atoms with Gasteiger partial charge in [0.2, 0.25) is 0 Å². The van der Waals surface area contributed by atoms with E-state index in [9.17, 15) is 0 Å². The summed E-state index contributed by atoms with van der Waals surface area (Å²) < 4.78 is 6.43. The van der Waals surface area contributed by atoms with E-state index in [1.54, 1.807) is 0 Å². The van der Waals surface area contributed by atoms with Crippen molar-refractivity contribution in [2.24, 2.45) is 16.8 Å². The minimum atomic E-state index is 0.0414. The van der Waals surface area contributed by atoms with Gasteiger partial charge >= 0.3 is 0 Å². The molecule has 2 heteroatoms. The highest BCUT2D eigenvalue weighted by Gasteiger charge is 2.39. The maximum Gasteiger partial charge on any atom is 0.130 e. The largest absolute Gasteiger partial charge is 0.485 e. The van der Waals surface area contributed by atoms with Crippen LogP contribution in [0.2, 0.25) is 0 Å². The van der Waals surface area contributed by atoms with E-state index in [1.165, 1.54) is 21.9 Å². The molecule has 0 fully saturated rings. The Morgan fingerprint density at radius 3 is 2.67 bits per heavy atom. The van der Waals surface area contributed by atoms with E-state index in [1.807, 2.05) is 6.20 Å². The monoisotopic (exact) mass is 313 g/mol. The van der Waals surface area contributed by atoms with Crippen molar-refractivity contribution >= 4 is 16.5 Å². The third-order valence-electron chi connectivity index (χ3n) is 5.21. The Hall–Kier alpha value is -2.61. The van der Waals surface area contributed by atoms with E-state index in [0.29, 0.717) is 5.92 Å². The number of hydrogen-bond donors (Lipinski definition) is 0. The van der Waals surface area contributed by atoms with E-state index in [2.05, 4.69) is 68.5 Å². The Morgan fingerprint density at radius 2 is 1.88 bits per heavy atom.